The number of hydrogen-bond acceptors (Lipinski definition) is 2. The molecule has 0 saturated heterocycles. The summed E-state index contributed by atoms with van der Waals surface area (Å²) in [7, 11) is 2.82. The fourth-order valence-corrected chi connectivity index (χ4v) is 2.43. The molecule has 0 N–H and O–H groups in total. The zero-order valence-corrected chi connectivity index (χ0v) is 9.62. The Labute approximate surface area is 81.3 Å². The van der Waals surface area contributed by atoms with E-state index in [9.17, 15) is 8.78 Å². The third kappa shape index (κ3) is 5.25. The minimum absolute atomic E-state index is 0.382. The van der Waals surface area contributed by atoms with Gasteiger partial charge in [-0.3, -0.25) is 0 Å². The molecule has 0 radical (unpaired) electrons. The first-order chi connectivity index (χ1) is 5.33. The van der Waals surface area contributed by atoms with Gasteiger partial charge >= 0.3 is 0 Å². The molecule has 4 heteroatoms. The van der Waals surface area contributed by atoms with Crippen molar-refractivity contribution in [3.8, 4) is 0 Å². The van der Waals surface area contributed by atoms with Gasteiger partial charge in [0.15, 0.2) is 0 Å². The molecule has 74 valence electrons. The molecule has 0 aliphatic heterocycles. The molecule has 0 bridgehead atoms. The van der Waals surface area contributed by atoms with Crippen LogP contribution in [0.15, 0.2) is 0 Å². The van der Waals surface area contributed by atoms with Crippen LogP contribution in [0, 0.1) is 0 Å². The van der Waals surface area contributed by atoms with Gasteiger partial charge in [-0.05, 0) is 27.7 Å². The Morgan fingerprint density at radius 1 is 0.833 bits per heavy atom. The largest absolute Gasteiger partial charge is 0.250 e. The van der Waals surface area contributed by atoms with E-state index in [0.717, 1.165) is 0 Å². The summed E-state index contributed by atoms with van der Waals surface area (Å²) in [5.41, 5.74) is 0. The summed E-state index contributed by atoms with van der Waals surface area (Å²) in [6.45, 7) is 6.51. The number of rotatable bonds is 5. The van der Waals surface area contributed by atoms with Gasteiger partial charge in [-0.1, -0.05) is 21.6 Å². The summed E-state index contributed by atoms with van der Waals surface area (Å²) in [4.78, 5) is 0. The average molecular weight is 214 g/mol. The molecule has 0 rings (SSSR count). The van der Waals surface area contributed by atoms with E-state index in [4.69, 9.17) is 0 Å². The summed E-state index contributed by atoms with van der Waals surface area (Å²) >= 11 is 0. The lowest BCUT2D eigenvalue weighted by atomic mass is 10.2. The van der Waals surface area contributed by atoms with Gasteiger partial charge in [-0.2, -0.15) is 0 Å². The Balaban J connectivity index is 3.82. The van der Waals surface area contributed by atoms with Crippen molar-refractivity contribution in [2.24, 2.45) is 0 Å². The van der Waals surface area contributed by atoms with E-state index < -0.39 is 9.49 Å². The van der Waals surface area contributed by atoms with Gasteiger partial charge in [0.05, 0.1) is 0 Å². The molecule has 0 fully saturated rings. The van der Waals surface area contributed by atoms with Crippen LogP contribution in [0.1, 0.15) is 27.7 Å². The summed E-state index contributed by atoms with van der Waals surface area (Å²) in [5, 5.41) is 0. The Kier molecular flexibility index (Phi) is 4.92. The Hall–Kier alpha value is 0.560. The fraction of sp³-hybridized carbons (Fsp3) is 1.00. The average Bonchev–Trinajstić information content (AvgIpc) is 2.02. The van der Waals surface area contributed by atoms with Crippen molar-refractivity contribution >= 4 is 21.6 Å². The normalized spacial score (nSPS) is 13.5. The van der Waals surface area contributed by atoms with E-state index >= 15 is 0 Å². The van der Waals surface area contributed by atoms with Gasteiger partial charge < -0.3 is 0 Å². The second-order valence-electron chi connectivity index (χ2n) is 3.95. The highest BCUT2D eigenvalue weighted by Crippen LogP contribution is 2.43. The molecule has 0 aromatic carbocycles. The molecule has 0 aromatic rings. The van der Waals surface area contributed by atoms with E-state index in [0.29, 0.717) is 0 Å². The van der Waals surface area contributed by atoms with Crippen molar-refractivity contribution < 1.29 is 8.78 Å². The van der Waals surface area contributed by atoms with Crippen molar-refractivity contribution in [3.63, 3.8) is 0 Å². The first-order valence-corrected chi connectivity index (χ1v) is 5.97. The molecular weight excluding hydrogens is 198 g/mol. The van der Waals surface area contributed by atoms with Crippen molar-refractivity contribution in [2.45, 2.75) is 37.2 Å². The Morgan fingerprint density at radius 2 is 1.08 bits per heavy atom. The van der Waals surface area contributed by atoms with Crippen LogP contribution in [0.4, 0.5) is 8.78 Å². The molecule has 0 aliphatic carbocycles. The van der Waals surface area contributed by atoms with Crippen LogP contribution in [-0.4, -0.2) is 22.8 Å². The maximum atomic E-state index is 12.3. The second-order valence-corrected chi connectivity index (χ2v) is 7.50. The molecule has 0 saturated carbocycles. The quantitative estimate of drug-likeness (QED) is 0.637. The zero-order valence-electron chi connectivity index (χ0n) is 7.99. The Morgan fingerprint density at radius 3 is 1.25 bits per heavy atom. The van der Waals surface area contributed by atoms with Gasteiger partial charge in [0.1, 0.15) is 13.3 Å². The molecule has 0 heterocycles. The molecule has 0 spiro atoms. The first kappa shape index (κ1) is 12.6. The van der Waals surface area contributed by atoms with E-state index in [2.05, 4.69) is 0 Å². The number of alkyl halides is 2. The molecule has 0 amide bonds. The van der Waals surface area contributed by atoms with Gasteiger partial charge in [-0.15, -0.1) is 0 Å². The first-order valence-electron chi connectivity index (χ1n) is 3.82. The SMILES string of the molecule is CC(C)(CF)SSC(C)(C)CF. The minimum Gasteiger partial charge on any atom is -0.250 e. The van der Waals surface area contributed by atoms with Crippen molar-refractivity contribution in [1.82, 2.24) is 0 Å². The third-order valence-corrected chi connectivity index (χ3v) is 5.30. The highest BCUT2D eigenvalue weighted by atomic mass is 33.1. The van der Waals surface area contributed by atoms with E-state index in [1.807, 2.05) is 27.7 Å². The predicted octanol–water partition coefficient (Wildman–Crippen LogP) is 3.86. The topological polar surface area (TPSA) is 0 Å². The molecule has 0 atom stereocenters. The Bertz CT molecular complexity index is 119. The van der Waals surface area contributed by atoms with Gasteiger partial charge in [0, 0.05) is 9.49 Å². The van der Waals surface area contributed by atoms with Crippen LogP contribution in [0.25, 0.3) is 0 Å². The van der Waals surface area contributed by atoms with Crippen molar-refractivity contribution in [2.75, 3.05) is 13.3 Å². The highest BCUT2D eigenvalue weighted by molar-refractivity contribution is 8.77. The highest BCUT2D eigenvalue weighted by Gasteiger charge is 2.25. The molecule has 0 nitrogen and oxygen atoms in total. The smallest absolute Gasteiger partial charge is 0.104 e. The summed E-state index contributed by atoms with van der Waals surface area (Å²) in [5.74, 6) is 0. The van der Waals surface area contributed by atoms with Gasteiger partial charge in [0.25, 0.3) is 0 Å². The van der Waals surface area contributed by atoms with Crippen molar-refractivity contribution in [1.29, 1.82) is 0 Å². The van der Waals surface area contributed by atoms with E-state index in [-0.39, 0.29) is 13.3 Å². The van der Waals surface area contributed by atoms with Crippen LogP contribution in [0.2, 0.25) is 0 Å². The van der Waals surface area contributed by atoms with E-state index in [1.165, 1.54) is 21.6 Å². The molecular formula is C8H16F2S2. The van der Waals surface area contributed by atoms with Crippen LogP contribution in [0.5, 0.6) is 0 Å². The van der Waals surface area contributed by atoms with Crippen LogP contribution in [-0.2, 0) is 0 Å². The maximum absolute atomic E-state index is 12.3. The molecule has 0 aromatic heterocycles. The maximum Gasteiger partial charge on any atom is 0.104 e. The minimum atomic E-state index is -0.406. The summed E-state index contributed by atoms with van der Waals surface area (Å²) in [6, 6.07) is 0. The van der Waals surface area contributed by atoms with E-state index in [1.54, 1.807) is 0 Å². The monoisotopic (exact) mass is 214 g/mol. The summed E-state index contributed by atoms with van der Waals surface area (Å²) in [6.07, 6.45) is 0. The van der Waals surface area contributed by atoms with Gasteiger partial charge in [0.2, 0.25) is 0 Å². The second kappa shape index (κ2) is 4.70. The van der Waals surface area contributed by atoms with Crippen LogP contribution >= 0.6 is 21.6 Å². The standard InChI is InChI=1S/C8H16F2S2/c1-7(2,5-9)11-12-8(3,4)6-10/h5-6H2,1-4H3. The molecule has 0 aliphatic rings. The van der Waals surface area contributed by atoms with Crippen LogP contribution < -0.4 is 0 Å². The lowest BCUT2D eigenvalue weighted by Gasteiger charge is -2.25. The summed E-state index contributed by atoms with van der Waals surface area (Å²) < 4.78 is 23.8. The fourth-order valence-electron chi connectivity index (χ4n) is 0.270. The third-order valence-electron chi connectivity index (χ3n) is 1.14. The molecule has 12 heavy (non-hydrogen) atoms. The van der Waals surface area contributed by atoms with Crippen LogP contribution in [0.3, 0.4) is 0 Å². The lowest BCUT2D eigenvalue weighted by molar-refractivity contribution is 0.430. The molecule has 0 unspecified atom stereocenters. The zero-order chi connectivity index (χ0) is 9.83. The van der Waals surface area contributed by atoms with Gasteiger partial charge in [-0.25, -0.2) is 8.78 Å². The predicted molar refractivity (Wildman–Crippen MR) is 55.3 cm³/mol. The number of halogens is 2. The van der Waals surface area contributed by atoms with Crippen molar-refractivity contribution in [3.05, 3.63) is 0 Å². The number of hydrogen-bond donors (Lipinski definition) is 0. The lowest BCUT2D eigenvalue weighted by Crippen LogP contribution is -2.21.